The van der Waals surface area contributed by atoms with Gasteiger partial charge in [-0.05, 0) is 29.8 Å². The first-order valence-corrected chi connectivity index (χ1v) is 4.77. The van der Waals surface area contributed by atoms with E-state index in [1.54, 1.807) is 0 Å². The van der Waals surface area contributed by atoms with Crippen molar-refractivity contribution >= 4 is 12.0 Å². The van der Waals surface area contributed by atoms with Gasteiger partial charge in [0.1, 0.15) is 0 Å². The number of alkyl halides is 6. The van der Waals surface area contributed by atoms with Gasteiger partial charge in [0.2, 0.25) is 5.91 Å². The number of primary amides is 1. The zero-order valence-electron chi connectivity index (χ0n) is 9.14. The normalized spacial score (nSPS) is 12.9. The molecule has 0 aliphatic rings. The molecule has 8 heteroatoms. The standard InChI is InChI=1S/C11H7F6NO/c12-10(13,14)7-3-6(1-2-9(18)19)4-8(5-7)11(15,16)17/h1-5H,(H2,18,19)/b2-1+. The van der Waals surface area contributed by atoms with Crippen molar-refractivity contribution in [2.45, 2.75) is 12.4 Å². The molecule has 0 fully saturated rings. The van der Waals surface area contributed by atoms with Crippen LogP contribution in [0, 0.1) is 0 Å². The molecule has 0 spiro atoms. The van der Waals surface area contributed by atoms with Crippen LogP contribution in [0.15, 0.2) is 24.3 Å². The summed E-state index contributed by atoms with van der Waals surface area (Å²) in [6, 6.07) is 0.991. The van der Waals surface area contributed by atoms with Crippen molar-refractivity contribution in [3.63, 3.8) is 0 Å². The topological polar surface area (TPSA) is 43.1 Å². The van der Waals surface area contributed by atoms with Crippen molar-refractivity contribution in [3.8, 4) is 0 Å². The molecule has 0 radical (unpaired) electrons. The summed E-state index contributed by atoms with van der Waals surface area (Å²) in [7, 11) is 0. The number of carbonyl (C=O) groups is 1. The van der Waals surface area contributed by atoms with E-state index in [0.717, 1.165) is 6.08 Å². The highest BCUT2D eigenvalue weighted by atomic mass is 19.4. The number of amides is 1. The van der Waals surface area contributed by atoms with Crippen LogP contribution in [-0.4, -0.2) is 5.91 Å². The molecule has 19 heavy (non-hydrogen) atoms. The Balaban J connectivity index is 3.37. The van der Waals surface area contributed by atoms with Crippen LogP contribution < -0.4 is 5.73 Å². The number of rotatable bonds is 2. The molecular formula is C11H7F6NO. The van der Waals surface area contributed by atoms with Crippen LogP contribution >= 0.6 is 0 Å². The molecule has 0 aliphatic heterocycles. The van der Waals surface area contributed by atoms with Crippen molar-refractivity contribution in [2.75, 3.05) is 0 Å². The Morgan fingerprint density at radius 3 is 1.68 bits per heavy atom. The Morgan fingerprint density at radius 1 is 0.947 bits per heavy atom. The molecule has 0 atom stereocenters. The number of hydrogen-bond donors (Lipinski definition) is 1. The van der Waals surface area contributed by atoms with E-state index in [1.807, 2.05) is 0 Å². The predicted octanol–water partition coefficient (Wildman–Crippen LogP) is 3.22. The fraction of sp³-hybridized carbons (Fsp3) is 0.182. The fourth-order valence-corrected chi connectivity index (χ4v) is 1.25. The van der Waals surface area contributed by atoms with Crippen LogP contribution in [-0.2, 0) is 17.1 Å². The zero-order chi connectivity index (χ0) is 14.8. The number of carbonyl (C=O) groups excluding carboxylic acids is 1. The number of benzene rings is 1. The van der Waals surface area contributed by atoms with Gasteiger partial charge in [-0.1, -0.05) is 0 Å². The van der Waals surface area contributed by atoms with Crippen LogP contribution in [0.3, 0.4) is 0 Å². The van der Waals surface area contributed by atoms with E-state index in [2.05, 4.69) is 0 Å². The molecule has 0 heterocycles. The lowest BCUT2D eigenvalue weighted by atomic mass is 10.0. The molecule has 2 nitrogen and oxygen atoms in total. The van der Waals surface area contributed by atoms with E-state index < -0.39 is 35.0 Å². The summed E-state index contributed by atoms with van der Waals surface area (Å²) in [6.07, 6.45) is -8.38. The lowest BCUT2D eigenvalue weighted by Gasteiger charge is -2.12. The molecule has 0 unspecified atom stereocenters. The molecule has 1 rings (SSSR count). The smallest absolute Gasteiger partial charge is 0.366 e. The van der Waals surface area contributed by atoms with Gasteiger partial charge in [0.25, 0.3) is 0 Å². The summed E-state index contributed by atoms with van der Waals surface area (Å²) in [5.74, 6) is -0.981. The minimum Gasteiger partial charge on any atom is -0.366 e. The highest BCUT2D eigenvalue weighted by Crippen LogP contribution is 2.36. The molecule has 2 N–H and O–H groups in total. The van der Waals surface area contributed by atoms with Crippen LogP contribution in [0.2, 0.25) is 0 Å². The van der Waals surface area contributed by atoms with Crippen LogP contribution in [0.4, 0.5) is 26.3 Å². The van der Waals surface area contributed by atoms with E-state index in [1.165, 1.54) is 0 Å². The van der Waals surface area contributed by atoms with Gasteiger partial charge in [0.05, 0.1) is 11.1 Å². The Labute approximate surface area is 103 Å². The third-order valence-electron chi connectivity index (χ3n) is 2.05. The minimum atomic E-state index is -4.92. The van der Waals surface area contributed by atoms with Gasteiger partial charge in [-0.2, -0.15) is 26.3 Å². The summed E-state index contributed by atoms with van der Waals surface area (Å²) in [5.41, 5.74) is 1.40. The quantitative estimate of drug-likeness (QED) is 0.657. The van der Waals surface area contributed by atoms with Gasteiger partial charge in [-0.25, -0.2) is 0 Å². The zero-order valence-corrected chi connectivity index (χ0v) is 9.14. The van der Waals surface area contributed by atoms with Gasteiger partial charge in [-0.3, -0.25) is 4.79 Å². The summed E-state index contributed by atoms with van der Waals surface area (Å²) in [6.45, 7) is 0. The highest BCUT2D eigenvalue weighted by molar-refractivity contribution is 5.90. The third kappa shape index (κ3) is 4.31. The summed E-state index contributed by atoms with van der Waals surface area (Å²) < 4.78 is 74.7. The van der Waals surface area contributed by atoms with Crippen molar-refractivity contribution in [1.29, 1.82) is 0 Å². The summed E-state index contributed by atoms with van der Waals surface area (Å²) in [4.78, 5) is 10.4. The second-order valence-corrected chi connectivity index (χ2v) is 3.57. The maximum absolute atomic E-state index is 12.5. The Bertz CT molecular complexity index is 483. The number of hydrogen-bond acceptors (Lipinski definition) is 1. The van der Waals surface area contributed by atoms with E-state index in [0.29, 0.717) is 18.2 Å². The lowest BCUT2D eigenvalue weighted by Crippen LogP contribution is -2.11. The van der Waals surface area contributed by atoms with E-state index >= 15 is 0 Å². The molecule has 0 saturated heterocycles. The first kappa shape index (κ1) is 15.1. The number of nitrogens with two attached hydrogens (primary N) is 1. The maximum Gasteiger partial charge on any atom is 0.416 e. The second-order valence-electron chi connectivity index (χ2n) is 3.57. The maximum atomic E-state index is 12.5. The van der Waals surface area contributed by atoms with Crippen molar-refractivity contribution in [1.82, 2.24) is 0 Å². The molecule has 0 aliphatic carbocycles. The van der Waals surface area contributed by atoms with Crippen LogP contribution in [0.1, 0.15) is 16.7 Å². The average molecular weight is 283 g/mol. The monoisotopic (exact) mass is 283 g/mol. The van der Waals surface area contributed by atoms with Gasteiger partial charge < -0.3 is 5.73 Å². The van der Waals surface area contributed by atoms with Crippen LogP contribution in [0.25, 0.3) is 6.08 Å². The molecule has 1 amide bonds. The molecule has 0 bridgehead atoms. The Kier molecular flexibility index (Phi) is 3.92. The molecule has 0 saturated carbocycles. The van der Waals surface area contributed by atoms with Crippen molar-refractivity contribution in [3.05, 3.63) is 41.0 Å². The third-order valence-corrected chi connectivity index (χ3v) is 2.05. The second kappa shape index (κ2) is 4.94. The summed E-state index contributed by atoms with van der Waals surface area (Å²) >= 11 is 0. The summed E-state index contributed by atoms with van der Waals surface area (Å²) in [5, 5.41) is 0. The van der Waals surface area contributed by atoms with E-state index in [9.17, 15) is 31.1 Å². The largest absolute Gasteiger partial charge is 0.416 e. The molecule has 0 aromatic heterocycles. The van der Waals surface area contributed by atoms with E-state index in [-0.39, 0.29) is 6.07 Å². The molecule has 1 aromatic carbocycles. The molecular weight excluding hydrogens is 276 g/mol. The van der Waals surface area contributed by atoms with Gasteiger partial charge in [0.15, 0.2) is 0 Å². The Hall–Kier alpha value is -1.99. The first-order chi connectivity index (χ1) is 8.50. The fourth-order valence-electron chi connectivity index (χ4n) is 1.25. The number of halogens is 6. The predicted molar refractivity (Wildman–Crippen MR) is 54.7 cm³/mol. The SMILES string of the molecule is NC(=O)/C=C/c1cc(C(F)(F)F)cc(C(F)(F)F)c1. The van der Waals surface area contributed by atoms with Gasteiger partial charge in [0, 0.05) is 6.08 Å². The molecule has 104 valence electrons. The minimum absolute atomic E-state index is 0.00159. The Morgan fingerprint density at radius 2 is 1.37 bits per heavy atom. The molecule has 1 aromatic rings. The highest BCUT2D eigenvalue weighted by Gasteiger charge is 2.36. The van der Waals surface area contributed by atoms with Crippen LogP contribution in [0.5, 0.6) is 0 Å². The lowest BCUT2D eigenvalue weighted by molar-refractivity contribution is -0.143. The average Bonchev–Trinajstić information content (AvgIpc) is 2.23. The van der Waals surface area contributed by atoms with E-state index in [4.69, 9.17) is 5.73 Å². The van der Waals surface area contributed by atoms with Gasteiger partial charge in [-0.15, -0.1) is 0 Å². The van der Waals surface area contributed by atoms with Crippen molar-refractivity contribution in [2.24, 2.45) is 5.73 Å². The van der Waals surface area contributed by atoms with Gasteiger partial charge >= 0.3 is 12.4 Å². The van der Waals surface area contributed by atoms with Crippen molar-refractivity contribution < 1.29 is 31.1 Å². The first-order valence-electron chi connectivity index (χ1n) is 4.77.